The van der Waals surface area contributed by atoms with Crippen molar-refractivity contribution in [1.29, 1.82) is 0 Å². The fraction of sp³-hybridized carbons (Fsp3) is 0.196. The second-order valence-corrected chi connectivity index (χ2v) is 17.4. The Morgan fingerprint density at radius 1 is 0.395 bits per heavy atom. The molecule has 0 aliphatic rings. The zero-order chi connectivity index (χ0) is 57.2. The van der Waals surface area contributed by atoms with Crippen molar-refractivity contribution in [1.82, 2.24) is 0 Å². The van der Waals surface area contributed by atoms with Crippen LogP contribution in [0.1, 0.15) is 50.1 Å². The quantitative estimate of drug-likeness (QED) is 0.0525. The Balaban J connectivity index is 0.000000408. The lowest BCUT2D eigenvalue weighted by Crippen LogP contribution is -2.75. The van der Waals surface area contributed by atoms with Crippen LogP contribution in [0.5, 0.6) is 0 Å². The summed E-state index contributed by atoms with van der Waals surface area (Å²) in [6.45, 7) is 0.645. The number of hydrogen-bond donors (Lipinski definition) is 0. The average molecular weight is 1130 g/mol. The average Bonchev–Trinajstić information content (AvgIpc) is 3.69. The first-order valence-corrected chi connectivity index (χ1v) is 21.3. The van der Waals surface area contributed by atoms with E-state index in [0.29, 0.717) is 6.54 Å². The van der Waals surface area contributed by atoms with E-state index >= 15 is 0 Å². The van der Waals surface area contributed by atoms with Gasteiger partial charge in [-0.1, -0.05) is 84.1 Å². The molecule has 0 radical (unpaired) electrons. The van der Waals surface area contributed by atoms with Crippen molar-refractivity contribution in [2.24, 2.45) is 0 Å². The topological polar surface area (TPSA) is 47.0 Å². The van der Waals surface area contributed by atoms with E-state index in [1.807, 2.05) is 23.7 Å². The van der Waals surface area contributed by atoms with E-state index in [9.17, 15) is 115 Å². The van der Waals surface area contributed by atoms with Crippen molar-refractivity contribution < 1.29 is 115 Å². The predicted octanol–water partition coefficient (Wildman–Crippen LogP) is 14.4. The number of rotatable bonds is 7. The molecule has 0 saturated carbocycles. The molecule has 0 bridgehead atoms. The number of para-hydroxylation sites is 1. The van der Waals surface area contributed by atoms with Crippen LogP contribution in [0.25, 0.3) is 10.2 Å². The third kappa shape index (κ3) is 12.8. The molecule has 30 heteroatoms. The minimum Gasteiger partial charge on any atom is -0.258 e. The normalized spacial score (nSPS) is 13.4. The molecule has 7 aromatic rings. The highest BCUT2D eigenvalue weighted by molar-refractivity contribution is 7.20. The maximum Gasteiger partial charge on any atom is 0.416 e. The Hall–Kier alpha value is -7.01. The maximum atomic E-state index is 14.2. The minimum absolute atomic E-state index is 0.137. The Labute approximate surface area is 412 Å². The lowest BCUT2D eigenvalue weighted by molar-refractivity contribution is -0.658. The molecule has 6 aromatic carbocycles. The molecule has 406 valence electrons. The summed E-state index contributed by atoms with van der Waals surface area (Å²) in [6.07, 6.45) is -54.8. The molecule has 4 nitrogen and oxygen atoms in total. The lowest BCUT2D eigenvalue weighted by atomic mass is 9.12. The monoisotopic (exact) mass is 1130 g/mol. The van der Waals surface area contributed by atoms with E-state index in [1.165, 1.54) is 10.8 Å². The summed E-state index contributed by atoms with van der Waals surface area (Å²) in [6, 6.07) is 6.10. The molecule has 0 spiro atoms. The molecular weight excluding hydrogens is 1110 g/mol. The fourth-order valence-corrected chi connectivity index (χ4v) is 9.02. The van der Waals surface area contributed by atoms with E-state index in [0.717, 1.165) is 11.1 Å². The number of hydrogen-bond acceptors (Lipinski definition) is 3. The van der Waals surface area contributed by atoms with Gasteiger partial charge in [0.05, 0.1) is 49.4 Å². The summed E-state index contributed by atoms with van der Waals surface area (Å²) in [5.41, 5.74) is -25.9. The number of nitrogens with zero attached hydrogens (tertiary/aromatic N) is 2. The van der Waals surface area contributed by atoms with Crippen molar-refractivity contribution in [3.8, 4) is 0 Å². The number of nitro groups is 1. The van der Waals surface area contributed by atoms with Crippen LogP contribution in [-0.2, 0) is 56.0 Å². The first-order chi connectivity index (χ1) is 34.5. The highest BCUT2D eigenvalue weighted by Crippen LogP contribution is 2.41. The standard InChI is InChI=1S/C32H12BF24.C14H11N2O2S/c34-25(35,36)13-1-14(26(37,38)39)6-21(5-13)33(22-7-15(27(40,41)42)2-16(8-22)28(43,44)45,23-9-17(29(46,47)48)3-18(10-23)30(49,50)51)24-11-19(31(52,53)54)4-20(12-24)32(55,56)57;17-16(18)12-5-3-4-11(8-12)9-15-10-19-14-7-2-1-6-13(14)15/h1-12H;1-8,10H,9H2/q-1;+1. The molecule has 76 heavy (non-hydrogen) atoms. The van der Waals surface area contributed by atoms with Gasteiger partial charge in [-0.15, -0.1) is 0 Å². The van der Waals surface area contributed by atoms with Gasteiger partial charge in [-0.2, -0.15) is 132 Å². The van der Waals surface area contributed by atoms with Gasteiger partial charge in [0, 0.05) is 23.8 Å². The summed E-state index contributed by atoms with van der Waals surface area (Å²) in [4.78, 5) is 10.4. The number of nitro benzene ring substituents is 1. The van der Waals surface area contributed by atoms with Gasteiger partial charge >= 0.3 is 49.4 Å². The molecule has 0 fully saturated rings. The third-order valence-electron chi connectivity index (χ3n) is 11.4. The second kappa shape index (κ2) is 19.8. The van der Waals surface area contributed by atoms with Crippen molar-refractivity contribution in [2.75, 3.05) is 0 Å². The van der Waals surface area contributed by atoms with Gasteiger partial charge in [0.1, 0.15) is 10.8 Å². The molecule has 0 atom stereocenters. The fourth-order valence-electron chi connectivity index (χ4n) is 8.13. The van der Waals surface area contributed by atoms with Crippen molar-refractivity contribution in [2.45, 2.75) is 56.0 Å². The lowest BCUT2D eigenvalue weighted by Gasteiger charge is -2.46. The van der Waals surface area contributed by atoms with Gasteiger partial charge in [-0.3, -0.25) is 10.1 Å². The molecule has 7 rings (SSSR count). The Morgan fingerprint density at radius 2 is 0.684 bits per heavy atom. The highest BCUT2D eigenvalue weighted by Gasteiger charge is 2.47. The van der Waals surface area contributed by atoms with Crippen LogP contribution in [0.4, 0.5) is 111 Å². The zero-order valence-electron chi connectivity index (χ0n) is 36.6. The number of aromatic nitrogens is 1. The SMILES string of the molecule is FC(F)(F)c1cc([B-](c2cc(C(F)(F)F)cc(C(F)(F)F)c2)(c2cc(C(F)(F)F)cc(C(F)(F)F)c2)c2cc(C(F)(F)F)cc(C(F)(F)F)c2)cc(C(F)(F)F)c1.O=[N+]([O-])c1cccc(C[n+]2csc3ccccc32)c1. The predicted molar refractivity (Wildman–Crippen MR) is 224 cm³/mol. The third-order valence-corrected chi connectivity index (χ3v) is 12.4. The van der Waals surface area contributed by atoms with Crippen LogP contribution in [0.2, 0.25) is 0 Å². The minimum atomic E-state index is -6.13. The zero-order valence-corrected chi connectivity index (χ0v) is 37.4. The first-order valence-electron chi connectivity index (χ1n) is 20.4. The van der Waals surface area contributed by atoms with Gasteiger partial charge in [0.15, 0.2) is 6.54 Å². The van der Waals surface area contributed by atoms with Crippen LogP contribution in [0.3, 0.4) is 0 Å². The van der Waals surface area contributed by atoms with Gasteiger partial charge in [0.2, 0.25) is 11.0 Å². The number of non-ortho nitro benzene ring substituents is 1. The van der Waals surface area contributed by atoms with E-state index in [2.05, 4.69) is 16.7 Å². The number of halogens is 24. The molecular formula is C46H23BF24N2O2S. The number of fused-ring (bicyclic) bond motifs is 1. The Kier molecular flexibility index (Phi) is 15.2. The smallest absolute Gasteiger partial charge is 0.258 e. The number of thiazole rings is 1. The maximum absolute atomic E-state index is 14.2. The number of alkyl halides is 24. The Bertz CT molecular complexity index is 2850. The molecule has 0 unspecified atom stereocenters. The molecule has 1 aromatic heterocycles. The Morgan fingerprint density at radius 3 is 0.961 bits per heavy atom. The van der Waals surface area contributed by atoms with Crippen LogP contribution < -0.4 is 26.4 Å². The summed E-state index contributed by atoms with van der Waals surface area (Å²) in [5, 5.41) is 10.8. The van der Waals surface area contributed by atoms with Gasteiger partial charge in [-0.05, 0) is 30.3 Å². The van der Waals surface area contributed by atoms with Crippen LogP contribution >= 0.6 is 11.3 Å². The van der Waals surface area contributed by atoms with Gasteiger partial charge in [0.25, 0.3) is 5.69 Å². The molecule has 1 heterocycles. The second-order valence-electron chi connectivity index (χ2n) is 16.5. The van der Waals surface area contributed by atoms with Gasteiger partial charge < -0.3 is 0 Å². The van der Waals surface area contributed by atoms with Crippen molar-refractivity contribution >= 4 is 55.2 Å². The van der Waals surface area contributed by atoms with E-state index in [4.69, 9.17) is 0 Å². The van der Waals surface area contributed by atoms with Crippen molar-refractivity contribution in [3.05, 3.63) is 187 Å². The largest absolute Gasteiger partial charge is 0.416 e. The molecule has 0 amide bonds. The summed E-state index contributed by atoms with van der Waals surface area (Å²) >= 11 is 1.67. The van der Waals surface area contributed by atoms with Gasteiger partial charge in [-0.25, -0.2) is 0 Å². The molecule has 0 aliphatic carbocycles. The van der Waals surface area contributed by atoms with Crippen molar-refractivity contribution in [3.63, 3.8) is 0 Å². The van der Waals surface area contributed by atoms with E-state index < -0.39 is 195 Å². The molecule has 0 saturated heterocycles. The van der Waals surface area contributed by atoms with E-state index in [1.54, 1.807) is 23.5 Å². The summed E-state index contributed by atoms with van der Waals surface area (Å²) in [5.74, 6) is 0. The summed E-state index contributed by atoms with van der Waals surface area (Å²) < 4.78 is 344. The van der Waals surface area contributed by atoms with E-state index in [-0.39, 0.29) is 10.6 Å². The highest BCUT2D eigenvalue weighted by atomic mass is 32.1. The molecule has 0 N–H and O–H groups in total. The molecule has 0 aliphatic heterocycles. The van der Waals surface area contributed by atoms with Crippen LogP contribution in [0, 0.1) is 10.1 Å². The van der Waals surface area contributed by atoms with Crippen LogP contribution in [0.15, 0.2) is 127 Å². The number of benzene rings is 6. The first kappa shape index (κ1) is 58.3. The van der Waals surface area contributed by atoms with Crippen LogP contribution in [-0.4, -0.2) is 11.1 Å². The summed E-state index contributed by atoms with van der Waals surface area (Å²) in [7, 11) is 0.